The second-order valence-electron chi connectivity index (χ2n) is 9.66. The van der Waals surface area contributed by atoms with Crippen LogP contribution in [0.3, 0.4) is 0 Å². The lowest BCUT2D eigenvalue weighted by atomic mass is 9.73. The Hall–Kier alpha value is -3.06. The van der Waals surface area contributed by atoms with Crippen LogP contribution in [-0.4, -0.2) is 36.0 Å². The zero-order chi connectivity index (χ0) is 25.3. The number of benzene rings is 3. The zero-order valence-corrected chi connectivity index (χ0v) is 21.0. The average Bonchev–Trinajstić information content (AvgIpc) is 3.62. The predicted octanol–water partition coefficient (Wildman–Crippen LogP) is 6.63. The van der Waals surface area contributed by atoms with E-state index in [4.69, 9.17) is 30.5 Å². The fourth-order valence-corrected chi connectivity index (χ4v) is 5.15. The molecule has 2 heterocycles. The summed E-state index contributed by atoms with van der Waals surface area (Å²) < 4.78 is 24.4. The molecule has 2 fully saturated rings. The summed E-state index contributed by atoms with van der Waals surface area (Å²) in [6.07, 6.45) is 0.381. The summed E-state index contributed by atoms with van der Waals surface area (Å²) in [4.78, 5) is 11.3. The van der Waals surface area contributed by atoms with Gasteiger partial charge in [0.2, 0.25) is 0 Å². The van der Waals surface area contributed by atoms with Crippen LogP contribution >= 0.6 is 11.6 Å². The molecule has 1 unspecified atom stereocenters. The molecular formula is C29H29ClO6. The molecule has 5 rings (SSSR count). The Bertz CT molecular complexity index is 1210. The molecule has 0 bridgehead atoms. The summed E-state index contributed by atoms with van der Waals surface area (Å²) in [6.45, 7) is 4.37. The molecule has 0 saturated carbocycles. The monoisotopic (exact) mass is 508 g/mol. The van der Waals surface area contributed by atoms with E-state index in [0.29, 0.717) is 28.9 Å². The molecule has 0 radical (unpaired) electrons. The average molecular weight is 509 g/mol. The number of para-hydroxylation sites is 1. The van der Waals surface area contributed by atoms with Gasteiger partial charge in [0.1, 0.15) is 17.2 Å². The second-order valence-corrected chi connectivity index (χ2v) is 10.1. The van der Waals surface area contributed by atoms with Crippen LogP contribution in [0.2, 0.25) is 5.02 Å². The topological polar surface area (TPSA) is 77.5 Å². The van der Waals surface area contributed by atoms with Crippen molar-refractivity contribution in [2.75, 3.05) is 13.2 Å². The molecule has 0 aliphatic carbocycles. The third-order valence-corrected chi connectivity index (χ3v) is 7.35. The van der Waals surface area contributed by atoms with Crippen LogP contribution in [0.1, 0.15) is 43.4 Å². The number of rotatable bonds is 8. The van der Waals surface area contributed by atoms with E-state index in [1.54, 1.807) is 12.1 Å². The van der Waals surface area contributed by atoms with Gasteiger partial charge in [-0.2, -0.15) is 0 Å². The van der Waals surface area contributed by atoms with E-state index in [9.17, 15) is 9.90 Å². The third kappa shape index (κ3) is 5.36. The van der Waals surface area contributed by atoms with Crippen molar-refractivity contribution in [2.45, 2.75) is 44.0 Å². The molecule has 3 aromatic rings. The number of carbonyl (C=O) groups is 1. The van der Waals surface area contributed by atoms with Gasteiger partial charge in [0.15, 0.2) is 6.61 Å². The fraction of sp³-hybridized carbons (Fsp3) is 0.345. The van der Waals surface area contributed by atoms with Crippen molar-refractivity contribution in [3.8, 4) is 17.2 Å². The number of carboxylic acid groups (broad SMARTS) is 1. The first kappa shape index (κ1) is 24.6. The van der Waals surface area contributed by atoms with E-state index < -0.39 is 12.6 Å². The van der Waals surface area contributed by atoms with E-state index >= 15 is 0 Å². The second kappa shape index (κ2) is 10.1. The van der Waals surface area contributed by atoms with E-state index in [1.807, 2.05) is 48.5 Å². The lowest BCUT2D eigenvalue weighted by Gasteiger charge is -2.43. The molecule has 6 nitrogen and oxygen atoms in total. The van der Waals surface area contributed by atoms with Gasteiger partial charge in [-0.3, -0.25) is 0 Å². The molecule has 0 spiro atoms. The van der Waals surface area contributed by atoms with Crippen molar-refractivity contribution >= 4 is 17.6 Å². The van der Waals surface area contributed by atoms with Crippen LogP contribution in [0.25, 0.3) is 0 Å². The first-order chi connectivity index (χ1) is 17.3. The van der Waals surface area contributed by atoms with Crippen molar-refractivity contribution in [3.05, 3.63) is 88.9 Å². The third-order valence-electron chi connectivity index (χ3n) is 7.10. The molecule has 188 valence electrons. The number of hydrogen-bond donors (Lipinski definition) is 1. The molecule has 0 aromatic heterocycles. The van der Waals surface area contributed by atoms with Crippen molar-refractivity contribution in [1.82, 2.24) is 0 Å². The molecule has 0 amide bonds. The van der Waals surface area contributed by atoms with Crippen LogP contribution < -0.4 is 9.47 Å². The summed E-state index contributed by atoms with van der Waals surface area (Å²) in [5.41, 5.74) is 1.59. The number of carboxylic acids is 1. The Morgan fingerprint density at radius 1 is 1.08 bits per heavy atom. The number of halogens is 1. The Labute approximate surface area is 215 Å². The van der Waals surface area contributed by atoms with Crippen molar-refractivity contribution in [2.24, 2.45) is 5.92 Å². The van der Waals surface area contributed by atoms with Crippen LogP contribution in [0.5, 0.6) is 17.2 Å². The van der Waals surface area contributed by atoms with Gasteiger partial charge in [-0.1, -0.05) is 41.9 Å². The van der Waals surface area contributed by atoms with Gasteiger partial charge in [0.25, 0.3) is 0 Å². The zero-order valence-electron chi connectivity index (χ0n) is 20.2. The highest BCUT2D eigenvalue weighted by Gasteiger charge is 2.54. The first-order valence-electron chi connectivity index (χ1n) is 12.1. The van der Waals surface area contributed by atoms with Crippen molar-refractivity contribution in [3.63, 3.8) is 0 Å². The quantitative estimate of drug-likeness (QED) is 0.344. The Morgan fingerprint density at radius 3 is 2.47 bits per heavy atom. The highest BCUT2D eigenvalue weighted by Crippen LogP contribution is 2.54. The lowest BCUT2D eigenvalue weighted by molar-refractivity contribution is -0.139. The van der Waals surface area contributed by atoms with Crippen LogP contribution in [0.15, 0.2) is 72.8 Å². The summed E-state index contributed by atoms with van der Waals surface area (Å²) >= 11 is 6.12. The normalized spacial score (nSPS) is 27.3. The van der Waals surface area contributed by atoms with Gasteiger partial charge in [-0.15, -0.1) is 0 Å². The highest BCUT2D eigenvalue weighted by atomic mass is 35.5. The molecule has 5 atom stereocenters. The van der Waals surface area contributed by atoms with Crippen LogP contribution in [-0.2, 0) is 14.3 Å². The smallest absolute Gasteiger partial charge is 0.341 e. The molecule has 36 heavy (non-hydrogen) atoms. The van der Waals surface area contributed by atoms with E-state index in [-0.39, 0.29) is 29.6 Å². The maximum absolute atomic E-state index is 11.3. The molecule has 3 aromatic carbocycles. The predicted molar refractivity (Wildman–Crippen MR) is 136 cm³/mol. The molecule has 2 saturated heterocycles. The van der Waals surface area contributed by atoms with Gasteiger partial charge in [0.05, 0.1) is 24.4 Å². The largest absolute Gasteiger partial charge is 0.482 e. The van der Waals surface area contributed by atoms with E-state index in [1.165, 1.54) is 5.56 Å². The molecule has 2 aliphatic heterocycles. The Kier molecular flexibility index (Phi) is 6.93. The van der Waals surface area contributed by atoms with Crippen molar-refractivity contribution in [1.29, 1.82) is 0 Å². The minimum absolute atomic E-state index is 0.0218. The van der Waals surface area contributed by atoms with Gasteiger partial charge in [-0.05, 0) is 68.3 Å². The highest BCUT2D eigenvalue weighted by molar-refractivity contribution is 6.30. The number of ether oxygens (including phenoxy) is 4. The standard InChI is InChI=1S/C29H29ClO6/c1-18-23(19-8-10-20(30)11-9-19)15-25(29(2)17-34-29)28(35-18)24-14-22(36-21-6-4-3-5-7-21)12-13-26(24)33-16-27(31)32/h3-14,18,23,25,28H,15-17H2,1-2H3,(H,31,32)/t18-,23-,25-,28+,29?/m1/s1. The maximum atomic E-state index is 11.3. The van der Waals surface area contributed by atoms with Gasteiger partial charge in [-0.25, -0.2) is 4.79 Å². The number of hydrogen-bond acceptors (Lipinski definition) is 5. The van der Waals surface area contributed by atoms with E-state index in [0.717, 1.165) is 12.0 Å². The van der Waals surface area contributed by atoms with Crippen molar-refractivity contribution < 1.29 is 28.8 Å². The minimum Gasteiger partial charge on any atom is -0.482 e. The van der Waals surface area contributed by atoms with Gasteiger partial charge >= 0.3 is 5.97 Å². The number of epoxide rings is 1. The summed E-state index contributed by atoms with van der Waals surface area (Å²) in [5.74, 6) is 0.938. The van der Waals surface area contributed by atoms with Gasteiger partial charge in [0, 0.05) is 22.4 Å². The Morgan fingerprint density at radius 2 is 1.81 bits per heavy atom. The molecular weight excluding hydrogens is 480 g/mol. The maximum Gasteiger partial charge on any atom is 0.341 e. The molecule has 1 N–H and O–H groups in total. The Balaban J connectivity index is 1.50. The molecule has 2 aliphatic rings. The summed E-state index contributed by atoms with van der Waals surface area (Å²) in [6, 6.07) is 22.8. The van der Waals surface area contributed by atoms with Crippen LogP contribution in [0.4, 0.5) is 0 Å². The number of aliphatic carboxylic acids is 1. The summed E-state index contributed by atoms with van der Waals surface area (Å²) in [5, 5.41) is 9.93. The van der Waals surface area contributed by atoms with Crippen LogP contribution in [0, 0.1) is 5.92 Å². The SMILES string of the molecule is C[C@H]1O[C@@H](c2cc(Oc3ccccc3)ccc2OCC(=O)O)[C@H](C2(C)CO2)C[C@H]1c1ccc(Cl)cc1. The lowest BCUT2D eigenvalue weighted by Crippen LogP contribution is -2.40. The van der Waals surface area contributed by atoms with Gasteiger partial charge < -0.3 is 24.1 Å². The fourth-order valence-electron chi connectivity index (χ4n) is 5.02. The molecule has 7 heteroatoms. The minimum atomic E-state index is -1.04. The summed E-state index contributed by atoms with van der Waals surface area (Å²) in [7, 11) is 0. The van der Waals surface area contributed by atoms with E-state index in [2.05, 4.69) is 26.0 Å². The first-order valence-corrected chi connectivity index (χ1v) is 12.5.